The second-order valence-electron chi connectivity index (χ2n) is 9.78. The van der Waals surface area contributed by atoms with Gasteiger partial charge in [-0.25, -0.2) is 4.39 Å². The van der Waals surface area contributed by atoms with E-state index in [-0.39, 0.29) is 24.6 Å². The molecule has 3 saturated carbocycles. The fraction of sp³-hybridized carbons (Fsp3) is 0.682. The molecule has 6 rings (SSSR count). The summed E-state index contributed by atoms with van der Waals surface area (Å²) in [6, 6.07) is 5.99. The maximum Gasteiger partial charge on any atom is 0.217 e. The Morgan fingerprint density at radius 2 is 2.19 bits per heavy atom. The van der Waals surface area contributed by atoms with E-state index in [4.69, 9.17) is 0 Å². The number of rotatable bonds is 2. The highest BCUT2D eigenvalue weighted by Gasteiger charge is 2.72. The lowest BCUT2D eigenvalue weighted by atomic mass is 9.66. The number of halogens is 1. The largest absolute Gasteiger partial charge is 0.349 e. The molecule has 26 heavy (non-hydrogen) atoms. The zero-order chi connectivity index (χ0) is 17.7. The molecule has 1 N–H and O–H groups in total. The molecule has 0 radical (unpaired) electrons. The summed E-state index contributed by atoms with van der Waals surface area (Å²) in [7, 11) is 0. The fourth-order valence-corrected chi connectivity index (χ4v) is 7.51. The number of nitrogens with one attached hydrogen (secondary N) is 1. The Labute approximate surface area is 155 Å². The highest BCUT2D eigenvalue weighted by molar-refractivity contribution is 5.74. The van der Waals surface area contributed by atoms with Gasteiger partial charge in [-0.2, -0.15) is 0 Å². The molecule has 4 unspecified atom stereocenters. The smallest absolute Gasteiger partial charge is 0.217 e. The van der Waals surface area contributed by atoms with Gasteiger partial charge in [-0.15, -0.1) is 0 Å². The number of benzene rings is 1. The molecule has 4 fully saturated rings. The van der Waals surface area contributed by atoms with Crippen molar-refractivity contribution in [3.63, 3.8) is 0 Å². The van der Waals surface area contributed by atoms with Gasteiger partial charge in [-0.3, -0.25) is 9.69 Å². The van der Waals surface area contributed by atoms with E-state index >= 15 is 0 Å². The molecule has 2 spiro atoms. The van der Waals surface area contributed by atoms with Crippen molar-refractivity contribution < 1.29 is 10.6 Å². The summed E-state index contributed by atoms with van der Waals surface area (Å²) < 4.78 is 13.9. The van der Waals surface area contributed by atoms with Crippen molar-refractivity contribution in [3.05, 3.63) is 35.1 Å². The van der Waals surface area contributed by atoms with Crippen LogP contribution in [0.5, 0.6) is 0 Å². The van der Waals surface area contributed by atoms with Gasteiger partial charge in [0.25, 0.3) is 0 Å². The summed E-state index contributed by atoms with van der Waals surface area (Å²) in [5, 5.41) is 3.07. The molecule has 0 aromatic heterocycles. The molecular weight excluding hydrogens is 327 g/mol. The topological polar surface area (TPSA) is 32.3 Å². The van der Waals surface area contributed by atoms with Gasteiger partial charge in [0, 0.05) is 26.4 Å². The van der Waals surface area contributed by atoms with E-state index in [1.807, 2.05) is 6.07 Å². The van der Waals surface area contributed by atoms with E-state index in [1.54, 1.807) is 19.1 Å². The van der Waals surface area contributed by atoms with E-state index < -0.39 is 0 Å². The molecule has 4 heteroatoms. The Bertz CT molecular complexity index is 814. The highest BCUT2D eigenvalue weighted by atomic mass is 19.1. The summed E-state index contributed by atoms with van der Waals surface area (Å²) >= 11 is 0. The molecule has 1 aromatic carbocycles. The predicted molar refractivity (Wildman–Crippen MR) is 99.2 cm³/mol. The van der Waals surface area contributed by atoms with Crippen LogP contribution in [0, 0.1) is 23.1 Å². The average molecular weight is 356 g/mol. The molecule has 6 atom stereocenters. The second-order valence-corrected chi connectivity index (χ2v) is 9.78. The Hall–Kier alpha value is -1.42. The van der Waals surface area contributed by atoms with Crippen LogP contribution in [-0.2, 0) is 10.2 Å². The van der Waals surface area contributed by atoms with Crippen molar-refractivity contribution in [3.8, 4) is 0 Å². The summed E-state index contributed by atoms with van der Waals surface area (Å²) in [6.45, 7) is 3.81. The lowest BCUT2D eigenvalue weighted by molar-refractivity contribution is -0.119. The van der Waals surface area contributed by atoms with Crippen LogP contribution in [-0.4, -0.2) is 29.9 Å². The Kier molecular flexibility index (Phi) is 2.94. The normalized spacial score (nSPS) is 45.2. The van der Waals surface area contributed by atoms with Crippen LogP contribution in [0.25, 0.3) is 0 Å². The summed E-state index contributed by atoms with van der Waals surface area (Å²) in [6.07, 6.45) is 7.89. The Balaban J connectivity index is 0.00000160. The molecular formula is C22H29FN2O. The molecule has 1 aliphatic heterocycles. The lowest BCUT2D eigenvalue weighted by Crippen LogP contribution is -2.52. The molecule has 1 heterocycles. The maximum atomic E-state index is 13.9. The molecule has 4 aliphatic carbocycles. The first kappa shape index (κ1) is 15.6. The fourth-order valence-electron chi connectivity index (χ4n) is 7.51. The van der Waals surface area contributed by atoms with Gasteiger partial charge < -0.3 is 5.32 Å². The van der Waals surface area contributed by atoms with Gasteiger partial charge in [0.15, 0.2) is 0 Å². The number of fused-ring (bicyclic) bond motifs is 2. The minimum Gasteiger partial charge on any atom is -0.349 e. The van der Waals surface area contributed by atoms with E-state index in [2.05, 4.69) is 10.2 Å². The molecule has 5 aliphatic rings. The minimum absolute atomic E-state index is 0. The van der Waals surface area contributed by atoms with Crippen LogP contribution in [0.15, 0.2) is 18.2 Å². The minimum atomic E-state index is -0.197. The quantitative estimate of drug-likeness (QED) is 0.874. The van der Waals surface area contributed by atoms with Gasteiger partial charge in [0.1, 0.15) is 5.82 Å². The van der Waals surface area contributed by atoms with Crippen molar-refractivity contribution >= 4 is 5.91 Å². The maximum absolute atomic E-state index is 13.9. The molecule has 140 valence electrons. The van der Waals surface area contributed by atoms with Crippen molar-refractivity contribution in [2.24, 2.45) is 17.3 Å². The van der Waals surface area contributed by atoms with Crippen molar-refractivity contribution in [2.45, 2.75) is 62.9 Å². The van der Waals surface area contributed by atoms with Crippen LogP contribution >= 0.6 is 0 Å². The standard InChI is InChI=1S/C22H27FN2O.H2/c1-13(26)24-19-10-21(17-5-3-15(23)8-16(17)19)6-7-25(12-21)20-11-22-9-14(22)2-4-18(20)22;/h3,5,8,14,18-20H,2,4,6-7,9-12H2,1H3,(H,24,26);1H/t14?,18?,19-,20+,21?,22?;/m0./s1. The third kappa shape index (κ3) is 1.89. The number of likely N-dealkylation sites (tertiary alicyclic amines) is 1. The van der Waals surface area contributed by atoms with E-state index in [0.717, 1.165) is 54.8 Å². The first-order valence-corrected chi connectivity index (χ1v) is 10.3. The predicted octanol–water partition coefficient (Wildman–Crippen LogP) is 3.78. The molecule has 0 bridgehead atoms. The van der Waals surface area contributed by atoms with Gasteiger partial charge in [0.2, 0.25) is 5.91 Å². The van der Waals surface area contributed by atoms with Crippen molar-refractivity contribution in [2.75, 3.05) is 13.1 Å². The SMILES string of the molecule is CC(=O)N[C@H]1CC2(CCN([C@@H]3CC45CC4CCC35)C2)c2ccc(F)cc21.[HH]. The van der Waals surface area contributed by atoms with Crippen LogP contribution in [0.3, 0.4) is 0 Å². The monoisotopic (exact) mass is 356 g/mol. The number of carbonyl (C=O) groups excluding carboxylic acids is 1. The Morgan fingerprint density at radius 1 is 1.31 bits per heavy atom. The van der Waals surface area contributed by atoms with Crippen LogP contribution in [0.4, 0.5) is 4.39 Å². The lowest BCUT2D eigenvalue weighted by Gasteiger charge is -2.49. The van der Waals surface area contributed by atoms with Crippen LogP contribution in [0.2, 0.25) is 0 Å². The van der Waals surface area contributed by atoms with Gasteiger partial charge in [0.05, 0.1) is 6.04 Å². The summed E-state index contributed by atoms with van der Waals surface area (Å²) in [5.74, 6) is 1.78. The van der Waals surface area contributed by atoms with Crippen LogP contribution < -0.4 is 5.32 Å². The number of amides is 1. The summed E-state index contributed by atoms with van der Waals surface area (Å²) in [4.78, 5) is 14.4. The average Bonchev–Trinajstić information content (AvgIpc) is 2.92. The van der Waals surface area contributed by atoms with Crippen molar-refractivity contribution in [1.82, 2.24) is 10.2 Å². The van der Waals surface area contributed by atoms with Gasteiger partial charge in [-0.05, 0) is 85.6 Å². The zero-order valence-electron chi connectivity index (χ0n) is 15.4. The summed E-state index contributed by atoms with van der Waals surface area (Å²) in [5.41, 5.74) is 3.15. The first-order valence-electron chi connectivity index (χ1n) is 10.3. The molecule has 1 saturated heterocycles. The second kappa shape index (κ2) is 4.89. The zero-order valence-corrected chi connectivity index (χ0v) is 15.4. The van der Waals surface area contributed by atoms with Gasteiger partial charge in [-0.1, -0.05) is 6.07 Å². The van der Waals surface area contributed by atoms with Crippen molar-refractivity contribution in [1.29, 1.82) is 0 Å². The number of carbonyl (C=O) groups is 1. The molecule has 3 nitrogen and oxygen atoms in total. The van der Waals surface area contributed by atoms with Gasteiger partial charge >= 0.3 is 0 Å². The Morgan fingerprint density at radius 3 is 2.96 bits per heavy atom. The van der Waals surface area contributed by atoms with E-state index in [9.17, 15) is 9.18 Å². The van der Waals surface area contributed by atoms with Crippen LogP contribution in [0.1, 0.15) is 64.0 Å². The first-order chi connectivity index (χ1) is 12.5. The van der Waals surface area contributed by atoms with E-state index in [1.165, 1.54) is 31.2 Å². The third-order valence-electron chi connectivity index (χ3n) is 8.68. The highest BCUT2D eigenvalue weighted by Crippen LogP contribution is 2.77. The molecule has 1 aromatic rings. The number of hydrogen-bond acceptors (Lipinski definition) is 2. The number of nitrogens with zero attached hydrogens (tertiary/aromatic N) is 1. The molecule has 1 amide bonds. The number of hydrogen-bond donors (Lipinski definition) is 1. The third-order valence-corrected chi connectivity index (χ3v) is 8.68. The van der Waals surface area contributed by atoms with E-state index in [0.29, 0.717) is 0 Å².